The van der Waals surface area contributed by atoms with Crippen LogP contribution in [0.2, 0.25) is 0 Å². The number of esters is 1. The fourth-order valence-corrected chi connectivity index (χ4v) is 1.70. The number of pyridine rings is 1. The summed E-state index contributed by atoms with van der Waals surface area (Å²) in [4.78, 5) is 15.7. The van der Waals surface area contributed by atoms with Crippen LogP contribution in [0.3, 0.4) is 0 Å². The van der Waals surface area contributed by atoms with Crippen LogP contribution in [0, 0.1) is 0 Å². The summed E-state index contributed by atoms with van der Waals surface area (Å²) in [5.41, 5.74) is 8.46. The van der Waals surface area contributed by atoms with E-state index in [4.69, 9.17) is 5.73 Å². The normalized spacial score (nSPS) is 10.1. The van der Waals surface area contributed by atoms with E-state index < -0.39 is 5.97 Å². The molecule has 0 spiro atoms. The Labute approximate surface area is 105 Å². The fraction of sp³-hybridized carbons (Fsp3) is 0.143. The van der Waals surface area contributed by atoms with Gasteiger partial charge in [0.2, 0.25) is 0 Å². The highest BCUT2D eigenvalue weighted by Crippen LogP contribution is 2.20. The van der Waals surface area contributed by atoms with Gasteiger partial charge in [0, 0.05) is 6.54 Å². The van der Waals surface area contributed by atoms with Gasteiger partial charge in [-0.25, -0.2) is 9.78 Å². The van der Waals surface area contributed by atoms with Gasteiger partial charge in [0.05, 0.1) is 12.8 Å². The third-order valence-electron chi connectivity index (χ3n) is 2.59. The number of hydrogen-bond donors (Lipinski definition) is 1. The number of nitrogens with two attached hydrogens (primary N) is 1. The van der Waals surface area contributed by atoms with Crippen molar-refractivity contribution in [2.45, 2.75) is 6.54 Å². The lowest BCUT2D eigenvalue weighted by Gasteiger charge is -2.07. The van der Waals surface area contributed by atoms with E-state index in [0.717, 1.165) is 11.1 Å². The van der Waals surface area contributed by atoms with Crippen molar-refractivity contribution < 1.29 is 9.53 Å². The van der Waals surface area contributed by atoms with Crippen LogP contribution in [-0.4, -0.2) is 18.1 Å². The molecule has 2 rings (SSSR count). The minimum Gasteiger partial charge on any atom is -0.464 e. The molecular weight excluding hydrogens is 228 g/mol. The van der Waals surface area contributed by atoms with Gasteiger partial charge in [-0.05, 0) is 23.3 Å². The predicted octanol–water partition coefficient (Wildman–Crippen LogP) is 1.99. The maximum Gasteiger partial charge on any atom is 0.356 e. The minimum atomic E-state index is -0.456. The van der Waals surface area contributed by atoms with Crippen molar-refractivity contribution in [2.75, 3.05) is 7.11 Å². The SMILES string of the molecule is COC(=O)c1cc(-c2ccccc2)cc(CN)n1. The van der Waals surface area contributed by atoms with Crippen molar-refractivity contribution in [3.8, 4) is 11.1 Å². The fourth-order valence-electron chi connectivity index (χ4n) is 1.70. The van der Waals surface area contributed by atoms with Gasteiger partial charge < -0.3 is 10.5 Å². The quantitative estimate of drug-likeness (QED) is 0.836. The number of benzene rings is 1. The Balaban J connectivity index is 2.51. The number of aromatic nitrogens is 1. The third kappa shape index (κ3) is 2.55. The lowest BCUT2D eigenvalue weighted by atomic mass is 10.0. The zero-order chi connectivity index (χ0) is 13.0. The van der Waals surface area contributed by atoms with Crippen LogP contribution in [0.15, 0.2) is 42.5 Å². The van der Waals surface area contributed by atoms with Crippen LogP contribution < -0.4 is 5.73 Å². The first-order chi connectivity index (χ1) is 8.74. The van der Waals surface area contributed by atoms with E-state index in [-0.39, 0.29) is 12.2 Å². The summed E-state index contributed by atoms with van der Waals surface area (Å²) in [6.07, 6.45) is 0. The average molecular weight is 242 g/mol. The van der Waals surface area contributed by atoms with Crippen molar-refractivity contribution in [2.24, 2.45) is 5.73 Å². The van der Waals surface area contributed by atoms with Crippen LogP contribution in [0.25, 0.3) is 11.1 Å². The summed E-state index contributed by atoms with van der Waals surface area (Å²) >= 11 is 0. The molecule has 0 saturated carbocycles. The zero-order valence-corrected chi connectivity index (χ0v) is 10.1. The molecule has 0 amide bonds. The number of hydrogen-bond acceptors (Lipinski definition) is 4. The molecule has 18 heavy (non-hydrogen) atoms. The topological polar surface area (TPSA) is 65.2 Å². The van der Waals surface area contributed by atoms with Gasteiger partial charge >= 0.3 is 5.97 Å². The largest absolute Gasteiger partial charge is 0.464 e. The van der Waals surface area contributed by atoms with E-state index in [0.29, 0.717) is 5.69 Å². The first-order valence-corrected chi connectivity index (χ1v) is 5.59. The van der Waals surface area contributed by atoms with Crippen molar-refractivity contribution in [1.29, 1.82) is 0 Å². The number of methoxy groups -OCH3 is 1. The molecule has 0 fully saturated rings. The van der Waals surface area contributed by atoms with Gasteiger partial charge in [-0.15, -0.1) is 0 Å². The zero-order valence-electron chi connectivity index (χ0n) is 10.1. The standard InChI is InChI=1S/C14H14N2O2/c1-18-14(17)13-8-11(7-12(9-15)16-13)10-5-3-2-4-6-10/h2-8H,9,15H2,1H3. The molecule has 92 valence electrons. The van der Waals surface area contributed by atoms with Crippen molar-refractivity contribution in [3.05, 3.63) is 53.9 Å². The molecule has 0 unspecified atom stereocenters. The predicted molar refractivity (Wildman–Crippen MR) is 68.9 cm³/mol. The van der Waals surface area contributed by atoms with Crippen LogP contribution in [0.1, 0.15) is 16.2 Å². The van der Waals surface area contributed by atoms with E-state index in [2.05, 4.69) is 9.72 Å². The van der Waals surface area contributed by atoms with Gasteiger partial charge in [-0.3, -0.25) is 0 Å². The highest BCUT2D eigenvalue weighted by atomic mass is 16.5. The molecule has 0 saturated heterocycles. The lowest BCUT2D eigenvalue weighted by molar-refractivity contribution is 0.0594. The first kappa shape index (κ1) is 12.3. The van der Waals surface area contributed by atoms with Gasteiger partial charge in [0.15, 0.2) is 0 Å². The molecule has 0 aliphatic carbocycles. The second-order valence-corrected chi connectivity index (χ2v) is 3.79. The molecule has 0 atom stereocenters. The Bertz CT molecular complexity index is 553. The van der Waals surface area contributed by atoms with Crippen molar-refractivity contribution in [3.63, 3.8) is 0 Å². The van der Waals surface area contributed by atoms with Gasteiger partial charge in [0.1, 0.15) is 5.69 Å². The molecule has 1 aromatic carbocycles. The van der Waals surface area contributed by atoms with Crippen LogP contribution in [0.4, 0.5) is 0 Å². The Hall–Kier alpha value is -2.20. The Morgan fingerprint density at radius 3 is 2.56 bits per heavy atom. The minimum absolute atomic E-state index is 0.277. The summed E-state index contributed by atoms with van der Waals surface area (Å²) in [7, 11) is 1.33. The molecule has 1 heterocycles. The second kappa shape index (κ2) is 5.42. The number of carbonyl (C=O) groups is 1. The second-order valence-electron chi connectivity index (χ2n) is 3.79. The maximum absolute atomic E-state index is 11.5. The molecule has 0 aliphatic rings. The molecule has 1 aromatic heterocycles. The van der Waals surface area contributed by atoms with Crippen LogP contribution >= 0.6 is 0 Å². The first-order valence-electron chi connectivity index (χ1n) is 5.59. The summed E-state index contributed by atoms with van der Waals surface area (Å²) in [5, 5.41) is 0. The van der Waals surface area contributed by atoms with Crippen molar-refractivity contribution >= 4 is 5.97 Å². The highest BCUT2D eigenvalue weighted by Gasteiger charge is 2.11. The van der Waals surface area contributed by atoms with Gasteiger partial charge in [-0.2, -0.15) is 0 Å². The van der Waals surface area contributed by atoms with E-state index in [1.165, 1.54) is 7.11 Å². The number of carbonyl (C=O) groups excluding carboxylic acids is 1. The van der Waals surface area contributed by atoms with E-state index >= 15 is 0 Å². The molecule has 4 heteroatoms. The molecule has 2 N–H and O–H groups in total. The monoisotopic (exact) mass is 242 g/mol. The van der Waals surface area contributed by atoms with Gasteiger partial charge in [-0.1, -0.05) is 30.3 Å². The summed E-state index contributed by atoms with van der Waals surface area (Å²) in [6.45, 7) is 0.282. The van der Waals surface area contributed by atoms with E-state index in [9.17, 15) is 4.79 Å². The maximum atomic E-state index is 11.5. The number of rotatable bonds is 3. The van der Waals surface area contributed by atoms with Crippen molar-refractivity contribution in [1.82, 2.24) is 4.98 Å². The number of nitrogens with zero attached hydrogens (tertiary/aromatic N) is 1. The molecule has 0 aliphatic heterocycles. The third-order valence-corrected chi connectivity index (χ3v) is 2.59. The molecule has 0 bridgehead atoms. The smallest absolute Gasteiger partial charge is 0.356 e. The lowest BCUT2D eigenvalue weighted by Crippen LogP contribution is -2.09. The summed E-state index contributed by atoms with van der Waals surface area (Å²) in [6, 6.07) is 13.3. The van der Waals surface area contributed by atoms with Crippen LogP contribution in [0.5, 0.6) is 0 Å². The summed E-state index contributed by atoms with van der Waals surface area (Å²) in [5.74, 6) is -0.456. The highest BCUT2D eigenvalue weighted by molar-refractivity contribution is 5.88. The van der Waals surface area contributed by atoms with Gasteiger partial charge in [0.25, 0.3) is 0 Å². The summed E-state index contributed by atoms with van der Waals surface area (Å²) < 4.78 is 4.68. The Kier molecular flexibility index (Phi) is 3.69. The van der Waals surface area contributed by atoms with E-state index in [1.807, 2.05) is 36.4 Å². The molecule has 4 nitrogen and oxygen atoms in total. The Morgan fingerprint density at radius 2 is 1.94 bits per heavy atom. The van der Waals surface area contributed by atoms with E-state index in [1.54, 1.807) is 6.07 Å². The molecule has 0 radical (unpaired) electrons. The average Bonchev–Trinajstić information content (AvgIpc) is 2.46. The molecular formula is C14H14N2O2. The molecule has 2 aromatic rings. The Morgan fingerprint density at radius 1 is 1.22 bits per heavy atom. The number of ether oxygens (including phenoxy) is 1. The van der Waals surface area contributed by atoms with Crippen LogP contribution in [-0.2, 0) is 11.3 Å².